The lowest BCUT2D eigenvalue weighted by Gasteiger charge is -2.26. The predicted octanol–water partition coefficient (Wildman–Crippen LogP) is 2.06. The molecule has 0 amide bonds. The Labute approximate surface area is 154 Å². The summed E-state index contributed by atoms with van der Waals surface area (Å²) in [5.74, 6) is -3.58. The molecular formula is C16H15ClFNO6S. The van der Waals surface area contributed by atoms with Crippen LogP contribution in [0.3, 0.4) is 0 Å². The molecule has 140 valence electrons. The minimum atomic E-state index is -3.73. The summed E-state index contributed by atoms with van der Waals surface area (Å²) in [5, 5.41) is 0.162. The van der Waals surface area contributed by atoms with E-state index in [0.717, 1.165) is 17.3 Å². The van der Waals surface area contributed by atoms with Crippen LogP contribution >= 0.6 is 11.6 Å². The number of rotatable bonds is 3. The topological polar surface area (TPSA) is 90.0 Å². The summed E-state index contributed by atoms with van der Waals surface area (Å²) < 4.78 is 50.2. The number of Topliss-reactive ketones (excluding diaryl/α,β-unsaturated/α-hetero) is 1. The predicted molar refractivity (Wildman–Crippen MR) is 88.8 cm³/mol. The molecule has 0 radical (unpaired) electrons. The number of nitrogens with zero attached hydrogens (tertiary/aromatic N) is 1. The Morgan fingerprint density at radius 3 is 2.69 bits per heavy atom. The first-order valence-electron chi connectivity index (χ1n) is 7.69. The maximum atomic E-state index is 14.3. The number of hydrogen-bond acceptors (Lipinski definition) is 6. The summed E-state index contributed by atoms with van der Waals surface area (Å²) in [6.07, 6.45) is 0.318. The molecule has 0 aromatic heterocycles. The van der Waals surface area contributed by atoms with E-state index in [1.165, 1.54) is 19.1 Å². The third-order valence-corrected chi connectivity index (χ3v) is 6.21. The van der Waals surface area contributed by atoms with E-state index in [0.29, 0.717) is 6.42 Å². The summed E-state index contributed by atoms with van der Waals surface area (Å²) in [5.41, 5.74) is -2.11. The van der Waals surface area contributed by atoms with Gasteiger partial charge < -0.3 is 9.47 Å². The van der Waals surface area contributed by atoms with Crippen LogP contribution in [0.1, 0.15) is 25.8 Å². The molecule has 0 spiro atoms. The summed E-state index contributed by atoms with van der Waals surface area (Å²) in [6, 6.07) is 3.58. The van der Waals surface area contributed by atoms with E-state index >= 15 is 0 Å². The zero-order valence-corrected chi connectivity index (χ0v) is 15.5. The molecule has 26 heavy (non-hydrogen) atoms. The van der Waals surface area contributed by atoms with Crippen molar-refractivity contribution in [1.29, 1.82) is 0 Å². The van der Waals surface area contributed by atoms with Crippen molar-refractivity contribution in [2.75, 3.05) is 12.3 Å². The molecule has 1 aromatic rings. The quantitative estimate of drug-likeness (QED) is 0.717. The molecule has 0 N–H and O–H groups in total. The Hall–Kier alpha value is -2.13. The minimum Gasteiger partial charge on any atom is -0.456 e. The first-order chi connectivity index (χ1) is 12.1. The van der Waals surface area contributed by atoms with Crippen LogP contribution in [0.5, 0.6) is 0 Å². The number of ether oxygens (including phenoxy) is 2. The monoisotopic (exact) mass is 403 g/mol. The van der Waals surface area contributed by atoms with Crippen LogP contribution in [-0.4, -0.2) is 36.8 Å². The van der Waals surface area contributed by atoms with Gasteiger partial charge in [-0.2, -0.15) is 0 Å². The number of ketones is 1. The van der Waals surface area contributed by atoms with Gasteiger partial charge in [0.15, 0.2) is 0 Å². The van der Waals surface area contributed by atoms with Gasteiger partial charge in [-0.3, -0.25) is 9.59 Å². The first-order valence-corrected chi connectivity index (χ1v) is 9.67. The van der Waals surface area contributed by atoms with E-state index in [1.54, 1.807) is 0 Å². The van der Waals surface area contributed by atoms with Crippen molar-refractivity contribution in [1.82, 2.24) is 4.31 Å². The van der Waals surface area contributed by atoms with Crippen LogP contribution < -0.4 is 0 Å². The molecule has 0 aliphatic carbocycles. The molecule has 10 heteroatoms. The SMILES string of the molecule is CC(=O)OC1=C(N2CCCS2(=O)=O)OC(C)(c2cc(Cl)ccc2F)C1=O. The summed E-state index contributed by atoms with van der Waals surface area (Å²) >= 11 is 5.90. The second-order valence-corrected chi connectivity index (χ2v) is 8.51. The molecule has 1 fully saturated rings. The number of carbonyl (C=O) groups is 2. The number of hydrogen-bond donors (Lipinski definition) is 0. The average molecular weight is 404 g/mol. The van der Waals surface area contributed by atoms with E-state index in [-0.39, 0.29) is 22.9 Å². The molecule has 2 aliphatic rings. The van der Waals surface area contributed by atoms with Crippen molar-refractivity contribution >= 4 is 33.4 Å². The van der Waals surface area contributed by atoms with Gasteiger partial charge in [0.05, 0.1) is 5.75 Å². The van der Waals surface area contributed by atoms with Gasteiger partial charge >= 0.3 is 5.97 Å². The van der Waals surface area contributed by atoms with Gasteiger partial charge in [-0.15, -0.1) is 0 Å². The van der Waals surface area contributed by atoms with Crippen molar-refractivity contribution < 1.29 is 31.9 Å². The van der Waals surface area contributed by atoms with E-state index in [2.05, 4.69) is 0 Å². The lowest BCUT2D eigenvalue weighted by atomic mass is 9.91. The zero-order valence-electron chi connectivity index (χ0n) is 13.9. The molecule has 1 aromatic carbocycles. The fourth-order valence-electron chi connectivity index (χ4n) is 2.91. The third kappa shape index (κ3) is 2.95. The lowest BCUT2D eigenvalue weighted by Crippen LogP contribution is -2.34. The Balaban J connectivity index is 2.13. The van der Waals surface area contributed by atoms with Crippen LogP contribution in [0.2, 0.25) is 5.02 Å². The van der Waals surface area contributed by atoms with Crippen LogP contribution in [0.4, 0.5) is 4.39 Å². The van der Waals surface area contributed by atoms with Crippen molar-refractivity contribution in [2.24, 2.45) is 0 Å². The van der Waals surface area contributed by atoms with E-state index in [1.807, 2.05) is 0 Å². The van der Waals surface area contributed by atoms with Crippen LogP contribution in [0.15, 0.2) is 29.8 Å². The number of halogens is 2. The number of benzene rings is 1. The second kappa shape index (κ2) is 6.24. The fourth-order valence-corrected chi connectivity index (χ4v) is 4.57. The van der Waals surface area contributed by atoms with Gasteiger partial charge in [0, 0.05) is 24.1 Å². The maximum absolute atomic E-state index is 14.3. The van der Waals surface area contributed by atoms with E-state index < -0.39 is 44.8 Å². The molecular weight excluding hydrogens is 389 g/mol. The number of esters is 1. The van der Waals surface area contributed by atoms with Crippen molar-refractivity contribution in [3.05, 3.63) is 46.2 Å². The normalized spacial score (nSPS) is 24.8. The Morgan fingerprint density at radius 2 is 2.12 bits per heavy atom. The number of carbonyl (C=O) groups excluding carboxylic acids is 2. The van der Waals surface area contributed by atoms with Crippen LogP contribution in [0, 0.1) is 5.82 Å². The van der Waals surface area contributed by atoms with Gasteiger partial charge in [-0.05, 0) is 31.5 Å². The fraction of sp³-hybridized carbons (Fsp3) is 0.375. The minimum absolute atomic E-state index is 0.0593. The molecule has 1 unspecified atom stereocenters. The highest BCUT2D eigenvalue weighted by Crippen LogP contribution is 2.43. The van der Waals surface area contributed by atoms with E-state index in [4.69, 9.17) is 21.1 Å². The second-order valence-electron chi connectivity index (χ2n) is 6.06. The van der Waals surface area contributed by atoms with Crippen molar-refractivity contribution in [3.8, 4) is 0 Å². The number of sulfonamides is 1. The molecule has 2 aliphatic heterocycles. The molecule has 1 saturated heterocycles. The van der Waals surface area contributed by atoms with E-state index in [9.17, 15) is 22.4 Å². The van der Waals surface area contributed by atoms with Crippen LogP contribution in [0.25, 0.3) is 0 Å². The smallest absolute Gasteiger partial charge is 0.308 e. The van der Waals surface area contributed by atoms with Gasteiger partial charge in [0.2, 0.25) is 21.4 Å². The summed E-state index contributed by atoms with van der Waals surface area (Å²) in [7, 11) is -3.73. The lowest BCUT2D eigenvalue weighted by molar-refractivity contribution is -0.142. The third-order valence-electron chi connectivity index (χ3n) is 4.15. The highest BCUT2D eigenvalue weighted by molar-refractivity contribution is 7.89. The van der Waals surface area contributed by atoms with Crippen LogP contribution in [-0.2, 0) is 34.7 Å². The van der Waals surface area contributed by atoms with Gasteiger partial charge in [0.25, 0.3) is 11.7 Å². The zero-order chi connectivity index (χ0) is 19.3. The largest absolute Gasteiger partial charge is 0.456 e. The molecule has 7 nitrogen and oxygen atoms in total. The molecule has 1 atom stereocenters. The van der Waals surface area contributed by atoms with Crippen molar-refractivity contribution in [3.63, 3.8) is 0 Å². The Bertz CT molecular complexity index is 944. The van der Waals surface area contributed by atoms with Gasteiger partial charge in [0.1, 0.15) is 5.82 Å². The standard InChI is InChI=1S/C16H15ClFNO6S/c1-9(20)24-13-14(21)16(2,11-8-10(17)4-5-12(11)18)25-15(13)19-6-3-7-26(19,22)23/h4-5,8H,3,6-7H2,1-2H3. The highest BCUT2D eigenvalue weighted by atomic mass is 35.5. The molecule has 3 rings (SSSR count). The summed E-state index contributed by atoms with van der Waals surface area (Å²) in [6.45, 7) is 2.39. The molecule has 2 heterocycles. The van der Waals surface area contributed by atoms with Crippen molar-refractivity contribution in [2.45, 2.75) is 25.9 Å². The Morgan fingerprint density at radius 1 is 1.42 bits per heavy atom. The average Bonchev–Trinajstić information content (AvgIpc) is 3.01. The highest BCUT2D eigenvalue weighted by Gasteiger charge is 2.54. The first kappa shape index (κ1) is 18.7. The molecule has 0 bridgehead atoms. The summed E-state index contributed by atoms with van der Waals surface area (Å²) in [4.78, 5) is 24.3. The maximum Gasteiger partial charge on any atom is 0.308 e. The van der Waals surface area contributed by atoms with Gasteiger partial charge in [-0.1, -0.05) is 11.6 Å². The Kier molecular flexibility index (Phi) is 4.48. The van der Waals surface area contributed by atoms with Gasteiger partial charge in [-0.25, -0.2) is 17.1 Å². The molecule has 0 saturated carbocycles.